The summed E-state index contributed by atoms with van der Waals surface area (Å²) in [6.45, 7) is 1.08. The number of methoxy groups -OCH3 is 2. The third-order valence-electron chi connectivity index (χ3n) is 5.62. The molecular formula is C21H29N3O5. The minimum Gasteiger partial charge on any atom is -0.493 e. The second kappa shape index (κ2) is 9.62. The van der Waals surface area contributed by atoms with Gasteiger partial charge in [0.05, 0.1) is 20.1 Å². The van der Waals surface area contributed by atoms with Crippen LogP contribution in [0.2, 0.25) is 0 Å². The molecule has 8 heteroatoms. The minimum atomic E-state index is -0.416. The van der Waals surface area contributed by atoms with Gasteiger partial charge in [-0.25, -0.2) is 0 Å². The van der Waals surface area contributed by atoms with E-state index in [0.29, 0.717) is 36.8 Å². The summed E-state index contributed by atoms with van der Waals surface area (Å²) in [4.78, 5) is 38.5. The minimum absolute atomic E-state index is 0.0763. The Morgan fingerprint density at radius 1 is 1.00 bits per heavy atom. The van der Waals surface area contributed by atoms with Crippen molar-refractivity contribution in [3.05, 3.63) is 18.2 Å². The summed E-state index contributed by atoms with van der Waals surface area (Å²) in [5, 5.41) is 5.71. The zero-order chi connectivity index (χ0) is 20.8. The quantitative estimate of drug-likeness (QED) is 0.641. The Balaban J connectivity index is 1.48. The number of anilines is 1. The van der Waals surface area contributed by atoms with Crippen LogP contribution in [0.4, 0.5) is 5.69 Å². The molecule has 2 fully saturated rings. The molecule has 1 saturated carbocycles. The number of amides is 3. The summed E-state index contributed by atoms with van der Waals surface area (Å²) in [6, 6.07) is 5.25. The molecule has 1 aliphatic carbocycles. The van der Waals surface area contributed by atoms with Crippen LogP contribution in [0.15, 0.2) is 18.2 Å². The molecule has 0 bridgehead atoms. The van der Waals surface area contributed by atoms with Crippen molar-refractivity contribution in [2.45, 2.75) is 32.1 Å². The highest BCUT2D eigenvalue weighted by molar-refractivity contribution is 6.00. The van der Waals surface area contributed by atoms with E-state index in [9.17, 15) is 14.4 Å². The van der Waals surface area contributed by atoms with Crippen LogP contribution in [0.1, 0.15) is 32.1 Å². The van der Waals surface area contributed by atoms with Crippen LogP contribution >= 0.6 is 0 Å². The molecule has 2 N–H and O–H groups in total. The Bertz CT molecular complexity index is 761. The highest BCUT2D eigenvalue weighted by atomic mass is 16.5. The van der Waals surface area contributed by atoms with Crippen LogP contribution < -0.4 is 25.0 Å². The molecule has 2 aliphatic rings. The summed E-state index contributed by atoms with van der Waals surface area (Å²) in [5.74, 6) is 0.616. The SMILES string of the molecule is COc1ccc(N2CC(C(=O)NCCNC(=O)C3CCCC3)CC2=O)cc1OC. The molecule has 8 nitrogen and oxygen atoms in total. The van der Waals surface area contributed by atoms with E-state index >= 15 is 0 Å². The van der Waals surface area contributed by atoms with E-state index in [4.69, 9.17) is 9.47 Å². The lowest BCUT2D eigenvalue weighted by atomic mass is 10.1. The van der Waals surface area contributed by atoms with Crippen molar-refractivity contribution in [3.8, 4) is 11.5 Å². The molecular weight excluding hydrogens is 374 g/mol. The van der Waals surface area contributed by atoms with E-state index in [1.165, 1.54) is 7.11 Å². The van der Waals surface area contributed by atoms with Gasteiger partial charge in [0.2, 0.25) is 17.7 Å². The zero-order valence-electron chi connectivity index (χ0n) is 17.0. The Morgan fingerprint density at radius 2 is 1.62 bits per heavy atom. The fourth-order valence-corrected chi connectivity index (χ4v) is 3.97. The highest BCUT2D eigenvalue weighted by Crippen LogP contribution is 2.34. The van der Waals surface area contributed by atoms with Crippen molar-refractivity contribution in [3.63, 3.8) is 0 Å². The first-order valence-electron chi connectivity index (χ1n) is 10.1. The molecule has 1 saturated heterocycles. The number of rotatable bonds is 8. The van der Waals surface area contributed by atoms with Gasteiger partial charge in [0, 0.05) is 43.7 Å². The zero-order valence-corrected chi connectivity index (χ0v) is 17.0. The Hall–Kier alpha value is -2.77. The number of carbonyl (C=O) groups is 3. The summed E-state index contributed by atoms with van der Waals surface area (Å²) in [7, 11) is 3.09. The van der Waals surface area contributed by atoms with Crippen LogP contribution in [0.25, 0.3) is 0 Å². The van der Waals surface area contributed by atoms with Gasteiger partial charge < -0.3 is 25.0 Å². The van der Waals surface area contributed by atoms with E-state index in [1.807, 2.05) is 0 Å². The molecule has 1 aromatic carbocycles. The maximum Gasteiger partial charge on any atom is 0.227 e. The van der Waals surface area contributed by atoms with Gasteiger partial charge in [0.15, 0.2) is 11.5 Å². The maximum absolute atomic E-state index is 12.4. The molecule has 1 unspecified atom stereocenters. The predicted molar refractivity (Wildman–Crippen MR) is 108 cm³/mol. The molecule has 0 spiro atoms. The average molecular weight is 403 g/mol. The van der Waals surface area contributed by atoms with Crippen LogP contribution in [-0.4, -0.2) is 51.6 Å². The summed E-state index contributed by atoms with van der Waals surface area (Å²) in [6.07, 6.45) is 4.29. The monoisotopic (exact) mass is 403 g/mol. The number of carbonyl (C=O) groups excluding carboxylic acids is 3. The lowest BCUT2D eigenvalue weighted by Gasteiger charge is -2.18. The number of nitrogens with zero attached hydrogens (tertiary/aromatic N) is 1. The van der Waals surface area contributed by atoms with Gasteiger partial charge in [-0.05, 0) is 25.0 Å². The third kappa shape index (κ3) is 4.99. The Morgan fingerprint density at radius 3 is 2.24 bits per heavy atom. The van der Waals surface area contributed by atoms with E-state index in [2.05, 4.69) is 10.6 Å². The van der Waals surface area contributed by atoms with E-state index in [1.54, 1.807) is 30.2 Å². The third-order valence-corrected chi connectivity index (χ3v) is 5.62. The first-order chi connectivity index (χ1) is 14.0. The number of hydrogen-bond donors (Lipinski definition) is 2. The molecule has 3 amide bonds. The van der Waals surface area contributed by atoms with Gasteiger partial charge >= 0.3 is 0 Å². The van der Waals surface area contributed by atoms with Crippen molar-refractivity contribution < 1.29 is 23.9 Å². The summed E-state index contributed by atoms with van der Waals surface area (Å²) in [5.41, 5.74) is 0.673. The van der Waals surface area contributed by atoms with Crippen LogP contribution in [-0.2, 0) is 14.4 Å². The topological polar surface area (TPSA) is 97.0 Å². The number of benzene rings is 1. The van der Waals surface area contributed by atoms with E-state index in [0.717, 1.165) is 25.7 Å². The van der Waals surface area contributed by atoms with Gasteiger partial charge in [-0.15, -0.1) is 0 Å². The van der Waals surface area contributed by atoms with Gasteiger partial charge in [-0.1, -0.05) is 12.8 Å². The van der Waals surface area contributed by atoms with Crippen molar-refractivity contribution in [2.24, 2.45) is 11.8 Å². The first-order valence-corrected chi connectivity index (χ1v) is 10.1. The van der Waals surface area contributed by atoms with Gasteiger partial charge in [-0.2, -0.15) is 0 Å². The van der Waals surface area contributed by atoms with Gasteiger partial charge in [-0.3, -0.25) is 14.4 Å². The largest absolute Gasteiger partial charge is 0.493 e. The molecule has 0 radical (unpaired) electrons. The summed E-state index contributed by atoms with van der Waals surface area (Å²) >= 11 is 0. The Labute approximate surface area is 170 Å². The molecule has 1 aliphatic heterocycles. The predicted octanol–water partition coefficient (Wildman–Crippen LogP) is 1.48. The second-order valence-corrected chi connectivity index (χ2v) is 7.51. The summed E-state index contributed by atoms with van der Waals surface area (Å²) < 4.78 is 10.5. The standard InChI is InChI=1S/C21H29N3O5/c1-28-17-8-7-16(12-18(17)29-2)24-13-15(11-19(24)25)21(27)23-10-9-22-20(26)14-5-3-4-6-14/h7-8,12,14-15H,3-6,9-11,13H2,1-2H3,(H,22,26)(H,23,27). The van der Waals surface area contributed by atoms with Gasteiger partial charge in [0.1, 0.15) is 0 Å². The maximum atomic E-state index is 12.4. The molecule has 158 valence electrons. The van der Waals surface area contributed by atoms with Crippen LogP contribution in [0.3, 0.4) is 0 Å². The Kier molecular flexibility index (Phi) is 6.95. The van der Waals surface area contributed by atoms with E-state index in [-0.39, 0.29) is 30.1 Å². The average Bonchev–Trinajstić information content (AvgIpc) is 3.40. The molecule has 1 aromatic rings. The fourth-order valence-electron chi connectivity index (χ4n) is 3.97. The van der Waals surface area contributed by atoms with Crippen LogP contribution in [0.5, 0.6) is 11.5 Å². The highest BCUT2D eigenvalue weighted by Gasteiger charge is 2.35. The van der Waals surface area contributed by atoms with Crippen LogP contribution in [0, 0.1) is 11.8 Å². The molecule has 1 atom stereocenters. The number of hydrogen-bond acceptors (Lipinski definition) is 5. The molecule has 1 heterocycles. The first kappa shape index (κ1) is 21.0. The molecule has 0 aromatic heterocycles. The second-order valence-electron chi connectivity index (χ2n) is 7.51. The number of ether oxygens (including phenoxy) is 2. The van der Waals surface area contributed by atoms with Crippen molar-refractivity contribution in [1.29, 1.82) is 0 Å². The molecule has 29 heavy (non-hydrogen) atoms. The fraction of sp³-hybridized carbons (Fsp3) is 0.571. The van der Waals surface area contributed by atoms with Crippen molar-refractivity contribution >= 4 is 23.4 Å². The lowest BCUT2D eigenvalue weighted by Crippen LogP contribution is -2.39. The number of nitrogens with one attached hydrogen (secondary N) is 2. The smallest absolute Gasteiger partial charge is 0.227 e. The van der Waals surface area contributed by atoms with Crippen molar-refractivity contribution in [1.82, 2.24) is 10.6 Å². The van der Waals surface area contributed by atoms with Gasteiger partial charge in [0.25, 0.3) is 0 Å². The van der Waals surface area contributed by atoms with Crippen molar-refractivity contribution in [2.75, 3.05) is 38.8 Å². The molecule has 3 rings (SSSR count). The van der Waals surface area contributed by atoms with E-state index < -0.39 is 5.92 Å². The normalized spacial score (nSPS) is 19.3. The lowest BCUT2D eigenvalue weighted by molar-refractivity contribution is -0.127.